The van der Waals surface area contributed by atoms with E-state index in [-0.39, 0.29) is 5.78 Å². The van der Waals surface area contributed by atoms with Crippen LogP contribution in [0.25, 0.3) is 11.4 Å². The normalized spacial score (nSPS) is 10.8. The molecule has 4 heteroatoms. The van der Waals surface area contributed by atoms with E-state index < -0.39 is 0 Å². The molecule has 16 heavy (non-hydrogen) atoms. The van der Waals surface area contributed by atoms with Gasteiger partial charge in [-0.25, -0.2) is 4.98 Å². The third-order valence-electron chi connectivity index (χ3n) is 2.66. The van der Waals surface area contributed by atoms with Gasteiger partial charge in [0.25, 0.3) is 0 Å². The van der Waals surface area contributed by atoms with Crippen molar-refractivity contribution in [1.82, 2.24) is 9.97 Å². The molecule has 84 valence electrons. The Morgan fingerprint density at radius 1 is 1.38 bits per heavy atom. The summed E-state index contributed by atoms with van der Waals surface area (Å²) in [6.45, 7) is 7.46. The fourth-order valence-electron chi connectivity index (χ4n) is 2.01. The molecule has 0 spiro atoms. The van der Waals surface area contributed by atoms with Crippen LogP contribution >= 0.6 is 11.3 Å². The molecule has 0 aliphatic heterocycles. The van der Waals surface area contributed by atoms with E-state index in [0.29, 0.717) is 0 Å². The van der Waals surface area contributed by atoms with Gasteiger partial charge in [-0.05, 0) is 33.3 Å². The largest absolute Gasteiger partial charge is 0.356 e. The first kappa shape index (κ1) is 11.1. The van der Waals surface area contributed by atoms with E-state index >= 15 is 0 Å². The first-order valence-corrected chi connectivity index (χ1v) is 6.01. The van der Waals surface area contributed by atoms with E-state index in [0.717, 1.165) is 33.2 Å². The Morgan fingerprint density at radius 2 is 2.06 bits per heavy atom. The lowest BCUT2D eigenvalue weighted by molar-refractivity contribution is 0.101. The number of aromatic amines is 1. The van der Waals surface area contributed by atoms with Gasteiger partial charge >= 0.3 is 0 Å². The monoisotopic (exact) mass is 234 g/mol. The fraction of sp³-hybridized carbons (Fsp3) is 0.333. The Kier molecular flexibility index (Phi) is 2.68. The van der Waals surface area contributed by atoms with E-state index in [1.165, 1.54) is 0 Å². The summed E-state index contributed by atoms with van der Waals surface area (Å²) < 4.78 is 0. The molecule has 0 saturated carbocycles. The van der Waals surface area contributed by atoms with Crippen molar-refractivity contribution in [2.45, 2.75) is 27.7 Å². The van der Waals surface area contributed by atoms with Gasteiger partial charge in [-0.2, -0.15) is 0 Å². The maximum Gasteiger partial charge on any atom is 0.161 e. The Morgan fingerprint density at radius 3 is 2.50 bits per heavy atom. The molecular weight excluding hydrogens is 220 g/mol. The lowest BCUT2D eigenvalue weighted by Crippen LogP contribution is -1.94. The summed E-state index contributed by atoms with van der Waals surface area (Å²) in [6.07, 6.45) is 0. The van der Waals surface area contributed by atoms with Crippen LogP contribution in [0.2, 0.25) is 0 Å². The molecule has 0 saturated heterocycles. The Bertz CT molecular complexity index is 551. The molecule has 0 fully saturated rings. The average Bonchev–Trinajstić information content (AvgIpc) is 2.70. The molecule has 2 heterocycles. The quantitative estimate of drug-likeness (QED) is 0.811. The highest BCUT2D eigenvalue weighted by molar-refractivity contribution is 7.09. The predicted octanol–water partition coefficient (Wildman–Crippen LogP) is 3.27. The number of nitrogens with one attached hydrogen (secondary N) is 1. The number of carbonyl (C=O) groups excluding carboxylic acids is 1. The molecule has 2 aromatic rings. The van der Waals surface area contributed by atoms with Gasteiger partial charge in [0.1, 0.15) is 0 Å². The van der Waals surface area contributed by atoms with E-state index in [1.54, 1.807) is 18.3 Å². The Balaban J connectivity index is 2.59. The van der Waals surface area contributed by atoms with Gasteiger partial charge in [-0.3, -0.25) is 4.79 Å². The van der Waals surface area contributed by atoms with Crippen LogP contribution in [0.5, 0.6) is 0 Å². The fourth-order valence-corrected chi connectivity index (χ4v) is 2.62. The van der Waals surface area contributed by atoms with Crippen LogP contribution in [0.15, 0.2) is 5.38 Å². The highest BCUT2D eigenvalue weighted by atomic mass is 32.1. The first-order valence-electron chi connectivity index (χ1n) is 5.13. The van der Waals surface area contributed by atoms with E-state index in [1.807, 2.05) is 26.2 Å². The summed E-state index contributed by atoms with van der Waals surface area (Å²) in [5.74, 6) is 0.101. The van der Waals surface area contributed by atoms with Gasteiger partial charge in [-0.1, -0.05) is 0 Å². The number of rotatable bonds is 2. The van der Waals surface area contributed by atoms with Crippen molar-refractivity contribution < 1.29 is 4.79 Å². The van der Waals surface area contributed by atoms with Crippen molar-refractivity contribution in [3.63, 3.8) is 0 Å². The average molecular weight is 234 g/mol. The van der Waals surface area contributed by atoms with Crippen LogP contribution in [0.1, 0.15) is 33.5 Å². The van der Waals surface area contributed by atoms with Crippen molar-refractivity contribution in [2.24, 2.45) is 0 Å². The molecule has 0 aromatic carbocycles. The van der Waals surface area contributed by atoms with Crippen LogP contribution in [-0.2, 0) is 0 Å². The third kappa shape index (κ3) is 1.69. The Hall–Kier alpha value is -1.42. The molecule has 0 bridgehead atoms. The van der Waals surface area contributed by atoms with E-state index in [4.69, 9.17) is 0 Å². The number of aromatic nitrogens is 2. The molecule has 2 rings (SSSR count). The van der Waals surface area contributed by atoms with Gasteiger partial charge in [-0.15, -0.1) is 11.3 Å². The number of aryl methyl sites for hydroxylation is 2. The minimum Gasteiger partial charge on any atom is -0.356 e. The summed E-state index contributed by atoms with van der Waals surface area (Å²) in [7, 11) is 0. The van der Waals surface area contributed by atoms with Crippen molar-refractivity contribution in [1.29, 1.82) is 0 Å². The van der Waals surface area contributed by atoms with Crippen LogP contribution < -0.4 is 0 Å². The second kappa shape index (κ2) is 3.87. The van der Waals surface area contributed by atoms with Crippen molar-refractivity contribution in [3.8, 4) is 11.4 Å². The summed E-state index contributed by atoms with van der Waals surface area (Å²) in [4.78, 5) is 19.2. The summed E-state index contributed by atoms with van der Waals surface area (Å²) >= 11 is 1.62. The molecule has 0 amide bonds. The number of H-pyrrole nitrogens is 1. The van der Waals surface area contributed by atoms with Gasteiger partial charge in [0.15, 0.2) is 5.78 Å². The number of nitrogens with zero attached hydrogens (tertiary/aromatic N) is 1. The number of thiazole rings is 1. The maximum absolute atomic E-state index is 11.5. The zero-order valence-corrected chi connectivity index (χ0v) is 10.7. The minimum atomic E-state index is 0.101. The van der Waals surface area contributed by atoms with Gasteiger partial charge in [0.2, 0.25) is 0 Å². The summed E-state index contributed by atoms with van der Waals surface area (Å²) in [5, 5.41) is 3.04. The zero-order valence-electron chi connectivity index (χ0n) is 9.84. The number of hydrogen-bond acceptors (Lipinski definition) is 3. The summed E-state index contributed by atoms with van der Waals surface area (Å²) in [6, 6.07) is 0. The second-order valence-electron chi connectivity index (χ2n) is 3.93. The number of carbonyl (C=O) groups is 1. The van der Waals surface area contributed by atoms with Crippen LogP contribution in [0.3, 0.4) is 0 Å². The van der Waals surface area contributed by atoms with Gasteiger partial charge in [0, 0.05) is 16.6 Å². The van der Waals surface area contributed by atoms with Crippen LogP contribution in [-0.4, -0.2) is 15.8 Å². The van der Waals surface area contributed by atoms with Crippen LogP contribution in [0.4, 0.5) is 0 Å². The highest BCUT2D eigenvalue weighted by Crippen LogP contribution is 2.28. The third-order valence-corrected chi connectivity index (χ3v) is 3.44. The molecule has 0 radical (unpaired) electrons. The number of ketones is 1. The molecule has 1 N–H and O–H groups in total. The molecule has 2 aromatic heterocycles. The van der Waals surface area contributed by atoms with Crippen molar-refractivity contribution in [3.05, 3.63) is 27.2 Å². The number of hydrogen-bond donors (Lipinski definition) is 1. The van der Waals surface area contributed by atoms with Crippen molar-refractivity contribution in [2.75, 3.05) is 0 Å². The lowest BCUT2D eigenvalue weighted by atomic mass is 10.1. The molecule has 0 aliphatic rings. The molecule has 0 aliphatic carbocycles. The van der Waals surface area contributed by atoms with Crippen LogP contribution in [0, 0.1) is 20.8 Å². The smallest absolute Gasteiger partial charge is 0.161 e. The van der Waals surface area contributed by atoms with Gasteiger partial charge < -0.3 is 4.98 Å². The topological polar surface area (TPSA) is 45.8 Å². The molecule has 0 atom stereocenters. The van der Waals surface area contributed by atoms with Gasteiger partial charge in [0.05, 0.1) is 16.4 Å². The molecule has 0 unspecified atom stereocenters. The SMILES string of the molecule is CC(=O)c1c(C)[nH]c(-c2csc(C)n2)c1C. The minimum absolute atomic E-state index is 0.101. The number of Topliss-reactive ketones (excluding diaryl/α,β-unsaturated/α-hetero) is 1. The second-order valence-corrected chi connectivity index (χ2v) is 5.00. The van der Waals surface area contributed by atoms with E-state index in [9.17, 15) is 4.79 Å². The summed E-state index contributed by atoms with van der Waals surface area (Å²) in [5.41, 5.74) is 4.60. The predicted molar refractivity (Wildman–Crippen MR) is 66.1 cm³/mol. The van der Waals surface area contributed by atoms with Crippen molar-refractivity contribution >= 4 is 17.1 Å². The lowest BCUT2D eigenvalue weighted by Gasteiger charge is -1.96. The Labute approximate surface area is 98.5 Å². The molecule has 3 nitrogen and oxygen atoms in total. The zero-order chi connectivity index (χ0) is 11.9. The van der Waals surface area contributed by atoms with E-state index in [2.05, 4.69) is 9.97 Å². The standard InChI is InChI=1S/C12H14N2OS/c1-6-11(8(3)15)7(2)13-12(6)10-5-16-9(4)14-10/h5,13H,1-4H3. The maximum atomic E-state index is 11.5. The molecular formula is C12H14N2OS. The highest BCUT2D eigenvalue weighted by Gasteiger charge is 2.17. The first-order chi connectivity index (χ1) is 7.50.